The number of nitrogens with zero attached hydrogens (tertiary/aromatic N) is 4. The lowest BCUT2D eigenvalue weighted by Crippen LogP contribution is -2.15. The van der Waals surface area contributed by atoms with Crippen molar-refractivity contribution in [2.75, 3.05) is 4.90 Å². The van der Waals surface area contributed by atoms with Gasteiger partial charge in [0.25, 0.3) is 0 Å². The minimum absolute atomic E-state index is 0.742. The molecule has 1 aliphatic heterocycles. The van der Waals surface area contributed by atoms with Crippen LogP contribution >= 0.6 is 23.3 Å². The van der Waals surface area contributed by atoms with Crippen molar-refractivity contribution >= 4 is 84.1 Å². The number of hydrogen-bond acceptors (Lipinski definition) is 6. The summed E-state index contributed by atoms with van der Waals surface area (Å²) in [6, 6.07) is 55.5. The van der Waals surface area contributed by atoms with Crippen LogP contribution in [-0.2, 0) is 0 Å². The van der Waals surface area contributed by atoms with Gasteiger partial charge in [0.1, 0.15) is 10.6 Å². The molecule has 11 rings (SSSR count). The van der Waals surface area contributed by atoms with Gasteiger partial charge in [-0.3, -0.25) is 0 Å². The van der Waals surface area contributed by atoms with E-state index < -0.39 is 0 Å². The highest BCUT2D eigenvalue weighted by Crippen LogP contribution is 2.54. The van der Waals surface area contributed by atoms with E-state index in [0.717, 1.165) is 82.3 Å². The Labute approximate surface area is 301 Å². The molecule has 0 bridgehead atoms. The standard InChI is InChI=1S/C44H26N4OS2/c1-2-12-28(13-3-1)47-36-19-7-9-23-40(36)50-42-32(17-11-21-38(42)47)43-45-44(51-46-43)27-24-25-35-33(26-27)29-14-4-6-18-34(29)48(35)37-20-10-16-31-30-15-5-8-22-39(30)49-41(31)37/h1-26H. The summed E-state index contributed by atoms with van der Waals surface area (Å²) in [6.45, 7) is 0. The van der Waals surface area contributed by atoms with E-state index in [2.05, 4.69) is 155 Å². The maximum atomic E-state index is 6.49. The number of benzene rings is 7. The Hall–Kier alpha value is -6.15. The van der Waals surface area contributed by atoms with Crippen molar-refractivity contribution < 1.29 is 4.42 Å². The smallest absolute Gasteiger partial charge is 0.174 e. The Bertz CT molecular complexity index is 2980. The van der Waals surface area contributed by atoms with Gasteiger partial charge in [-0.05, 0) is 84.3 Å². The molecule has 0 saturated heterocycles. The highest BCUT2D eigenvalue weighted by Gasteiger charge is 2.28. The molecule has 4 heterocycles. The van der Waals surface area contributed by atoms with Crippen molar-refractivity contribution in [2.45, 2.75) is 9.79 Å². The van der Waals surface area contributed by atoms with Crippen LogP contribution in [0, 0.1) is 0 Å². The quantitative estimate of drug-likeness (QED) is 0.184. The summed E-state index contributed by atoms with van der Waals surface area (Å²) < 4.78 is 13.8. The molecular weight excluding hydrogens is 665 g/mol. The van der Waals surface area contributed by atoms with Crippen LogP contribution in [0.25, 0.3) is 71.4 Å². The molecule has 0 aliphatic carbocycles. The van der Waals surface area contributed by atoms with Gasteiger partial charge >= 0.3 is 0 Å². The number of anilines is 3. The molecule has 0 N–H and O–H groups in total. The number of rotatable bonds is 4. The van der Waals surface area contributed by atoms with Gasteiger partial charge in [0.15, 0.2) is 11.4 Å². The molecule has 0 amide bonds. The van der Waals surface area contributed by atoms with Crippen LogP contribution < -0.4 is 4.90 Å². The fraction of sp³-hybridized carbons (Fsp3) is 0. The number of hydrogen-bond donors (Lipinski definition) is 0. The lowest BCUT2D eigenvalue weighted by Gasteiger charge is -2.33. The van der Waals surface area contributed by atoms with Crippen molar-refractivity contribution in [2.24, 2.45) is 0 Å². The lowest BCUT2D eigenvalue weighted by molar-refractivity contribution is 0.666. The van der Waals surface area contributed by atoms with E-state index in [1.807, 2.05) is 12.1 Å². The molecule has 7 heteroatoms. The topological polar surface area (TPSA) is 47.1 Å². The molecule has 0 unspecified atom stereocenters. The Balaban J connectivity index is 1.04. The first-order chi connectivity index (χ1) is 25.3. The summed E-state index contributed by atoms with van der Waals surface area (Å²) in [5.41, 5.74) is 10.6. The SMILES string of the molecule is c1ccc(N2c3ccccc3Sc3c(-c4nsc(-c5ccc6c(c5)c5ccccc5n6-c5cccc6c5oc5ccccc56)n4)cccc32)cc1. The van der Waals surface area contributed by atoms with Crippen molar-refractivity contribution in [3.63, 3.8) is 0 Å². The van der Waals surface area contributed by atoms with Crippen molar-refractivity contribution in [3.05, 3.63) is 158 Å². The minimum atomic E-state index is 0.742. The first-order valence-corrected chi connectivity index (χ1v) is 18.4. The fourth-order valence-electron chi connectivity index (χ4n) is 7.53. The maximum absolute atomic E-state index is 6.49. The molecule has 7 aromatic carbocycles. The maximum Gasteiger partial charge on any atom is 0.174 e. The molecule has 0 radical (unpaired) electrons. The highest BCUT2D eigenvalue weighted by molar-refractivity contribution is 8.00. The van der Waals surface area contributed by atoms with Crippen molar-refractivity contribution in [1.82, 2.24) is 13.9 Å². The Morgan fingerprint density at radius 3 is 2.22 bits per heavy atom. The van der Waals surface area contributed by atoms with Crippen LogP contribution in [0.1, 0.15) is 0 Å². The van der Waals surface area contributed by atoms with Gasteiger partial charge in [-0.2, -0.15) is 4.37 Å². The van der Waals surface area contributed by atoms with E-state index in [0.29, 0.717) is 0 Å². The molecule has 10 aromatic rings. The zero-order valence-corrected chi connectivity index (χ0v) is 28.7. The molecule has 5 nitrogen and oxygen atoms in total. The summed E-state index contributed by atoms with van der Waals surface area (Å²) in [5, 5.41) is 5.47. The van der Waals surface area contributed by atoms with E-state index >= 15 is 0 Å². The third-order valence-electron chi connectivity index (χ3n) is 9.78. The van der Waals surface area contributed by atoms with Crippen molar-refractivity contribution in [3.8, 4) is 27.6 Å². The summed E-state index contributed by atoms with van der Waals surface area (Å²) in [6.07, 6.45) is 0. The number of fused-ring (bicyclic) bond motifs is 8. The van der Waals surface area contributed by atoms with Crippen molar-refractivity contribution in [1.29, 1.82) is 0 Å². The van der Waals surface area contributed by atoms with Gasteiger partial charge in [-0.1, -0.05) is 96.7 Å². The molecule has 0 saturated carbocycles. The van der Waals surface area contributed by atoms with Gasteiger partial charge in [-0.15, -0.1) is 0 Å². The average molecular weight is 691 g/mol. The van der Waals surface area contributed by atoms with E-state index in [4.69, 9.17) is 13.8 Å². The second kappa shape index (κ2) is 11.2. The molecule has 3 aromatic heterocycles. The number of furan rings is 1. The first-order valence-electron chi connectivity index (χ1n) is 16.8. The van der Waals surface area contributed by atoms with Crippen LogP contribution in [0.5, 0.6) is 0 Å². The van der Waals surface area contributed by atoms with E-state index in [1.165, 1.54) is 27.5 Å². The fourth-order valence-corrected chi connectivity index (χ4v) is 9.37. The summed E-state index contributed by atoms with van der Waals surface area (Å²) in [7, 11) is 0. The van der Waals surface area contributed by atoms with Crippen LogP contribution in [0.15, 0.2) is 172 Å². The second-order valence-electron chi connectivity index (χ2n) is 12.7. The molecule has 0 fully saturated rings. The molecule has 0 spiro atoms. The van der Waals surface area contributed by atoms with Gasteiger partial charge in [0.2, 0.25) is 0 Å². The predicted octanol–water partition coefficient (Wildman–Crippen LogP) is 12.8. The number of aromatic nitrogens is 3. The molecule has 0 atom stereocenters. The van der Waals surface area contributed by atoms with Crippen LogP contribution in [0.2, 0.25) is 0 Å². The third kappa shape index (κ3) is 4.35. The number of para-hydroxylation sites is 5. The summed E-state index contributed by atoms with van der Waals surface area (Å²) >= 11 is 3.23. The normalized spacial score (nSPS) is 12.6. The Morgan fingerprint density at radius 2 is 1.27 bits per heavy atom. The van der Waals surface area contributed by atoms with E-state index in [1.54, 1.807) is 11.8 Å². The van der Waals surface area contributed by atoms with Crippen LogP contribution in [0.3, 0.4) is 0 Å². The lowest BCUT2D eigenvalue weighted by atomic mass is 10.1. The van der Waals surface area contributed by atoms with Crippen LogP contribution in [0.4, 0.5) is 17.1 Å². The predicted molar refractivity (Wildman–Crippen MR) is 211 cm³/mol. The Morgan fingerprint density at radius 1 is 0.549 bits per heavy atom. The van der Waals surface area contributed by atoms with Gasteiger partial charge < -0.3 is 13.9 Å². The third-order valence-corrected chi connectivity index (χ3v) is 11.7. The summed E-state index contributed by atoms with van der Waals surface area (Å²) in [4.78, 5) is 9.88. The van der Waals surface area contributed by atoms with Gasteiger partial charge in [0.05, 0.1) is 28.1 Å². The first kappa shape index (κ1) is 28.7. The Kier molecular flexibility index (Phi) is 6.29. The van der Waals surface area contributed by atoms with Gasteiger partial charge in [0, 0.05) is 48.2 Å². The monoisotopic (exact) mass is 690 g/mol. The average Bonchev–Trinajstić information content (AvgIpc) is 3.92. The molecular formula is C44H26N4OS2. The summed E-state index contributed by atoms with van der Waals surface area (Å²) in [5.74, 6) is 0.742. The molecule has 1 aliphatic rings. The zero-order chi connectivity index (χ0) is 33.5. The highest BCUT2D eigenvalue weighted by atomic mass is 32.2. The zero-order valence-electron chi connectivity index (χ0n) is 27.0. The largest absolute Gasteiger partial charge is 0.454 e. The molecule has 51 heavy (non-hydrogen) atoms. The van der Waals surface area contributed by atoms with E-state index in [9.17, 15) is 0 Å². The second-order valence-corrected chi connectivity index (χ2v) is 14.5. The van der Waals surface area contributed by atoms with E-state index in [-0.39, 0.29) is 0 Å². The van der Waals surface area contributed by atoms with Gasteiger partial charge in [-0.25, -0.2) is 4.98 Å². The molecule has 240 valence electrons. The minimum Gasteiger partial charge on any atom is -0.454 e. The van der Waals surface area contributed by atoms with Crippen LogP contribution in [-0.4, -0.2) is 13.9 Å².